The van der Waals surface area contributed by atoms with Crippen molar-refractivity contribution in [3.05, 3.63) is 75.9 Å². The third kappa shape index (κ3) is 2.78. The highest BCUT2D eigenvalue weighted by molar-refractivity contribution is 6.30. The van der Waals surface area contributed by atoms with Crippen LogP contribution in [0.3, 0.4) is 0 Å². The molecule has 0 amide bonds. The summed E-state index contributed by atoms with van der Waals surface area (Å²) in [6.45, 7) is 3.94. The molecule has 1 atom stereocenters. The molecular weight excluding hydrogens is 282 g/mol. The minimum Gasteiger partial charge on any atom is -0.384 e. The number of aromatic nitrogens is 1. The SMILES string of the molecule is Cc1ccc2cc(C(O)c3cc(Cl)ccc3C)ccc2n1. The second-order valence-corrected chi connectivity index (χ2v) is 5.74. The minimum atomic E-state index is -0.686. The molecular formula is C18H16ClNO. The Kier molecular flexibility index (Phi) is 3.66. The highest BCUT2D eigenvalue weighted by Gasteiger charge is 2.14. The summed E-state index contributed by atoms with van der Waals surface area (Å²) in [5.41, 5.74) is 4.63. The van der Waals surface area contributed by atoms with Crippen LogP contribution in [0.15, 0.2) is 48.5 Å². The average molecular weight is 298 g/mol. The number of aliphatic hydroxyl groups is 1. The quantitative estimate of drug-likeness (QED) is 0.750. The topological polar surface area (TPSA) is 33.1 Å². The van der Waals surface area contributed by atoms with Gasteiger partial charge in [-0.25, -0.2) is 0 Å². The standard InChI is InChI=1S/C18H16ClNO/c1-11-3-7-15(19)10-16(11)18(21)14-6-8-17-13(9-14)5-4-12(2)20-17/h3-10,18,21H,1-2H3. The first-order valence-corrected chi connectivity index (χ1v) is 7.24. The molecule has 0 aliphatic rings. The summed E-state index contributed by atoms with van der Waals surface area (Å²) in [7, 11) is 0. The van der Waals surface area contributed by atoms with Crippen molar-refractivity contribution in [2.75, 3.05) is 0 Å². The van der Waals surface area contributed by atoms with Gasteiger partial charge in [0.1, 0.15) is 6.10 Å². The summed E-state index contributed by atoms with van der Waals surface area (Å²) in [6, 6.07) is 15.4. The number of halogens is 1. The van der Waals surface area contributed by atoms with Crippen molar-refractivity contribution in [3.63, 3.8) is 0 Å². The van der Waals surface area contributed by atoms with Crippen LogP contribution in [0.25, 0.3) is 10.9 Å². The van der Waals surface area contributed by atoms with Crippen molar-refractivity contribution in [1.82, 2.24) is 4.98 Å². The van der Waals surface area contributed by atoms with Crippen LogP contribution in [0, 0.1) is 13.8 Å². The average Bonchev–Trinajstić information content (AvgIpc) is 2.48. The molecule has 1 heterocycles. The third-order valence-corrected chi connectivity index (χ3v) is 3.94. The molecule has 2 aromatic carbocycles. The fourth-order valence-corrected chi connectivity index (χ4v) is 2.68. The lowest BCUT2D eigenvalue weighted by Crippen LogP contribution is -2.02. The van der Waals surface area contributed by atoms with Gasteiger partial charge in [0.05, 0.1) is 5.52 Å². The molecule has 0 radical (unpaired) electrons. The Morgan fingerprint density at radius 2 is 1.81 bits per heavy atom. The van der Waals surface area contributed by atoms with Gasteiger partial charge in [0.25, 0.3) is 0 Å². The Labute approximate surface area is 129 Å². The molecule has 106 valence electrons. The van der Waals surface area contributed by atoms with Crippen LogP contribution in [0.1, 0.15) is 28.5 Å². The van der Waals surface area contributed by atoms with Crippen molar-refractivity contribution < 1.29 is 5.11 Å². The van der Waals surface area contributed by atoms with Gasteiger partial charge in [-0.2, -0.15) is 0 Å². The number of aliphatic hydroxyl groups excluding tert-OH is 1. The van der Waals surface area contributed by atoms with E-state index in [1.807, 2.05) is 62.4 Å². The van der Waals surface area contributed by atoms with Gasteiger partial charge < -0.3 is 5.11 Å². The Morgan fingerprint density at radius 3 is 2.62 bits per heavy atom. The maximum absolute atomic E-state index is 10.6. The Hall–Kier alpha value is -1.90. The number of hydrogen-bond acceptors (Lipinski definition) is 2. The number of nitrogens with zero attached hydrogens (tertiary/aromatic N) is 1. The molecule has 1 unspecified atom stereocenters. The summed E-state index contributed by atoms with van der Waals surface area (Å²) in [4.78, 5) is 4.48. The second kappa shape index (κ2) is 5.47. The lowest BCUT2D eigenvalue weighted by atomic mass is 9.96. The predicted molar refractivity (Wildman–Crippen MR) is 86.7 cm³/mol. The van der Waals surface area contributed by atoms with Crippen molar-refractivity contribution in [3.8, 4) is 0 Å². The van der Waals surface area contributed by atoms with Crippen LogP contribution >= 0.6 is 11.6 Å². The van der Waals surface area contributed by atoms with E-state index in [0.717, 1.165) is 33.3 Å². The van der Waals surface area contributed by atoms with E-state index in [9.17, 15) is 5.11 Å². The van der Waals surface area contributed by atoms with Crippen molar-refractivity contribution in [1.29, 1.82) is 0 Å². The maximum atomic E-state index is 10.6. The molecule has 0 aliphatic heterocycles. The van der Waals surface area contributed by atoms with E-state index >= 15 is 0 Å². The number of rotatable bonds is 2. The smallest absolute Gasteiger partial charge is 0.104 e. The molecule has 1 aromatic heterocycles. The lowest BCUT2D eigenvalue weighted by molar-refractivity contribution is 0.219. The fraction of sp³-hybridized carbons (Fsp3) is 0.167. The summed E-state index contributed by atoms with van der Waals surface area (Å²) in [5.74, 6) is 0. The van der Waals surface area contributed by atoms with Crippen LogP contribution in [-0.4, -0.2) is 10.1 Å². The highest BCUT2D eigenvalue weighted by atomic mass is 35.5. The van der Waals surface area contributed by atoms with E-state index in [4.69, 9.17) is 11.6 Å². The first kappa shape index (κ1) is 14.1. The molecule has 3 rings (SSSR count). The third-order valence-electron chi connectivity index (χ3n) is 3.70. The molecule has 21 heavy (non-hydrogen) atoms. The molecule has 2 nitrogen and oxygen atoms in total. The summed E-state index contributed by atoms with van der Waals surface area (Å²) < 4.78 is 0. The van der Waals surface area contributed by atoms with Gasteiger partial charge in [-0.3, -0.25) is 4.98 Å². The molecule has 0 saturated carbocycles. The summed E-state index contributed by atoms with van der Waals surface area (Å²) >= 11 is 6.04. The second-order valence-electron chi connectivity index (χ2n) is 5.31. The van der Waals surface area contributed by atoms with Crippen LogP contribution in [0.5, 0.6) is 0 Å². The number of aryl methyl sites for hydroxylation is 2. The van der Waals surface area contributed by atoms with Crippen molar-refractivity contribution >= 4 is 22.5 Å². The predicted octanol–water partition coefficient (Wildman–Crippen LogP) is 4.59. The highest BCUT2D eigenvalue weighted by Crippen LogP contribution is 2.29. The molecule has 0 fully saturated rings. The van der Waals surface area contributed by atoms with E-state index < -0.39 is 6.10 Å². The van der Waals surface area contributed by atoms with E-state index in [2.05, 4.69) is 4.98 Å². The largest absolute Gasteiger partial charge is 0.384 e. The molecule has 3 heteroatoms. The van der Waals surface area contributed by atoms with Gasteiger partial charge in [0.2, 0.25) is 0 Å². The Balaban J connectivity index is 2.07. The first-order chi connectivity index (χ1) is 10.0. The van der Waals surface area contributed by atoms with Crippen LogP contribution < -0.4 is 0 Å². The molecule has 1 N–H and O–H groups in total. The van der Waals surface area contributed by atoms with Crippen LogP contribution in [0.4, 0.5) is 0 Å². The van der Waals surface area contributed by atoms with Gasteiger partial charge in [0.15, 0.2) is 0 Å². The zero-order chi connectivity index (χ0) is 15.0. The summed E-state index contributed by atoms with van der Waals surface area (Å²) in [6.07, 6.45) is -0.686. The van der Waals surface area contributed by atoms with Crippen molar-refractivity contribution in [2.24, 2.45) is 0 Å². The van der Waals surface area contributed by atoms with Crippen LogP contribution in [-0.2, 0) is 0 Å². The van der Waals surface area contributed by atoms with E-state index in [0.29, 0.717) is 5.02 Å². The molecule has 0 aliphatic carbocycles. The zero-order valence-corrected chi connectivity index (χ0v) is 12.7. The van der Waals surface area contributed by atoms with Crippen molar-refractivity contribution in [2.45, 2.75) is 20.0 Å². The van der Waals surface area contributed by atoms with Gasteiger partial charge in [-0.05, 0) is 60.9 Å². The van der Waals surface area contributed by atoms with Gasteiger partial charge >= 0.3 is 0 Å². The maximum Gasteiger partial charge on any atom is 0.104 e. The van der Waals surface area contributed by atoms with Gasteiger partial charge in [-0.15, -0.1) is 0 Å². The minimum absolute atomic E-state index is 0.632. The Bertz CT molecular complexity index is 813. The molecule has 0 bridgehead atoms. The zero-order valence-electron chi connectivity index (χ0n) is 12.0. The lowest BCUT2D eigenvalue weighted by Gasteiger charge is -2.15. The first-order valence-electron chi connectivity index (χ1n) is 6.86. The number of fused-ring (bicyclic) bond motifs is 1. The molecule has 0 saturated heterocycles. The van der Waals surface area contributed by atoms with E-state index in [1.165, 1.54) is 0 Å². The fourth-order valence-electron chi connectivity index (χ4n) is 2.50. The monoisotopic (exact) mass is 297 g/mol. The van der Waals surface area contributed by atoms with Gasteiger partial charge in [-0.1, -0.05) is 29.8 Å². The normalized spacial score (nSPS) is 12.6. The summed E-state index contributed by atoms with van der Waals surface area (Å²) in [5, 5.41) is 12.3. The number of hydrogen-bond donors (Lipinski definition) is 1. The number of pyridine rings is 1. The van der Waals surface area contributed by atoms with Crippen LogP contribution in [0.2, 0.25) is 5.02 Å². The van der Waals surface area contributed by atoms with Gasteiger partial charge in [0, 0.05) is 16.1 Å². The molecule has 0 spiro atoms. The Morgan fingerprint density at radius 1 is 1.00 bits per heavy atom. The van der Waals surface area contributed by atoms with E-state index in [-0.39, 0.29) is 0 Å². The van der Waals surface area contributed by atoms with E-state index in [1.54, 1.807) is 0 Å². The molecule has 3 aromatic rings. The number of benzene rings is 2.